The third-order valence-corrected chi connectivity index (χ3v) is 2.84. The third-order valence-electron chi connectivity index (χ3n) is 2.84. The van der Waals surface area contributed by atoms with Crippen LogP contribution in [0.1, 0.15) is 24.2 Å². The molecule has 20 heavy (non-hydrogen) atoms. The molecule has 0 spiro atoms. The number of carboxylic acids is 1. The Bertz CT molecular complexity index is 463. The molecule has 0 fully saturated rings. The predicted octanol–water partition coefficient (Wildman–Crippen LogP) is 1.44. The van der Waals surface area contributed by atoms with Crippen LogP contribution in [0.25, 0.3) is 0 Å². The van der Waals surface area contributed by atoms with Gasteiger partial charge in [0.2, 0.25) is 0 Å². The number of carbonyl (C=O) groups is 2. The molecule has 1 rings (SSSR count). The second-order valence-electron chi connectivity index (χ2n) is 4.67. The zero-order valence-electron chi connectivity index (χ0n) is 11.9. The van der Waals surface area contributed by atoms with E-state index in [4.69, 9.17) is 5.11 Å². The summed E-state index contributed by atoms with van der Waals surface area (Å²) in [4.78, 5) is 27.8. The van der Waals surface area contributed by atoms with Gasteiger partial charge in [0.15, 0.2) is 0 Å². The van der Waals surface area contributed by atoms with Gasteiger partial charge in [-0.25, -0.2) is 4.79 Å². The fraction of sp³-hybridized carbons (Fsp3) is 0.500. The summed E-state index contributed by atoms with van der Waals surface area (Å²) in [5.41, 5.74) is 2.00. The lowest BCUT2D eigenvalue weighted by molar-refractivity contribution is -0.137. The van der Waals surface area contributed by atoms with E-state index in [1.807, 2.05) is 25.1 Å². The number of nitrogens with one attached hydrogen (secondary N) is 1. The maximum absolute atomic E-state index is 11.6. The minimum atomic E-state index is -0.907. The van der Waals surface area contributed by atoms with Crippen LogP contribution in [0.2, 0.25) is 0 Å². The lowest BCUT2D eigenvalue weighted by Gasteiger charge is -2.16. The molecular weight excluding hydrogens is 258 g/mol. The third kappa shape index (κ3) is 6.17. The van der Waals surface area contributed by atoms with E-state index < -0.39 is 5.97 Å². The Hall–Kier alpha value is -2.11. The molecule has 0 aliphatic carbocycles. The van der Waals surface area contributed by atoms with Crippen LogP contribution in [0.3, 0.4) is 0 Å². The normalized spacial score (nSPS) is 10.1. The Morgan fingerprint density at radius 2 is 2.15 bits per heavy atom. The number of pyridine rings is 1. The molecule has 110 valence electrons. The first kappa shape index (κ1) is 15.9. The van der Waals surface area contributed by atoms with Gasteiger partial charge in [-0.05, 0) is 31.9 Å². The van der Waals surface area contributed by atoms with Crippen molar-refractivity contribution in [1.82, 2.24) is 15.2 Å². The highest BCUT2D eigenvalue weighted by atomic mass is 16.4. The molecule has 0 unspecified atom stereocenters. The first-order valence-corrected chi connectivity index (χ1v) is 6.62. The average Bonchev–Trinajstić information content (AvgIpc) is 2.40. The zero-order chi connectivity index (χ0) is 15.0. The Kier molecular flexibility index (Phi) is 6.49. The van der Waals surface area contributed by atoms with Crippen LogP contribution in [0.4, 0.5) is 4.79 Å². The first-order chi connectivity index (χ1) is 9.49. The number of hydrogen-bond donors (Lipinski definition) is 2. The van der Waals surface area contributed by atoms with Crippen LogP contribution < -0.4 is 5.32 Å². The average molecular weight is 279 g/mol. The van der Waals surface area contributed by atoms with Crippen molar-refractivity contribution in [2.75, 3.05) is 20.1 Å². The summed E-state index contributed by atoms with van der Waals surface area (Å²) >= 11 is 0. The second kappa shape index (κ2) is 8.14. The molecule has 0 saturated carbocycles. The highest BCUT2D eigenvalue weighted by molar-refractivity contribution is 5.74. The number of amides is 2. The molecule has 0 bridgehead atoms. The molecule has 0 aliphatic rings. The van der Waals surface area contributed by atoms with Crippen LogP contribution in [0.15, 0.2) is 18.2 Å². The van der Waals surface area contributed by atoms with E-state index in [2.05, 4.69) is 10.3 Å². The van der Waals surface area contributed by atoms with E-state index in [9.17, 15) is 9.59 Å². The van der Waals surface area contributed by atoms with Gasteiger partial charge >= 0.3 is 12.0 Å². The number of carboxylic acid groups (broad SMARTS) is 1. The second-order valence-corrected chi connectivity index (χ2v) is 4.67. The van der Waals surface area contributed by atoms with E-state index in [1.54, 1.807) is 7.05 Å². The molecule has 2 N–H and O–H groups in total. The maximum Gasteiger partial charge on any atom is 0.317 e. The number of hydrogen-bond acceptors (Lipinski definition) is 3. The fourth-order valence-electron chi connectivity index (χ4n) is 1.70. The summed E-state index contributed by atoms with van der Waals surface area (Å²) in [6, 6.07) is 5.63. The van der Waals surface area contributed by atoms with Gasteiger partial charge < -0.3 is 15.3 Å². The minimum Gasteiger partial charge on any atom is -0.481 e. The molecule has 0 saturated heterocycles. The van der Waals surface area contributed by atoms with Gasteiger partial charge in [-0.15, -0.1) is 0 Å². The Morgan fingerprint density at radius 1 is 1.40 bits per heavy atom. The Balaban J connectivity index is 2.20. The van der Waals surface area contributed by atoms with Gasteiger partial charge in [0.05, 0.1) is 6.42 Å². The molecule has 2 amide bonds. The van der Waals surface area contributed by atoms with E-state index in [-0.39, 0.29) is 19.0 Å². The standard InChI is InChI=1S/C14H21N3O3/c1-11-5-3-6-12(16-11)7-4-9-15-14(20)17(2)10-8-13(18)19/h3,5-6H,4,7-10H2,1-2H3,(H,15,20)(H,18,19). The van der Waals surface area contributed by atoms with Crippen molar-refractivity contribution in [1.29, 1.82) is 0 Å². The Labute approximate surface area is 118 Å². The molecule has 6 heteroatoms. The van der Waals surface area contributed by atoms with Gasteiger partial charge in [0.1, 0.15) is 0 Å². The monoisotopic (exact) mass is 279 g/mol. The SMILES string of the molecule is Cc1cccc(CCCNC(=O)N(C)CCC(=O)O)n1. The number of aliphatic carboxylic acids is 1. The van der Waals surface area contributed by atoms with E-state index in [0.717, 1.165) is 24.2 Å². The van der Waals surface area contributed by atoms with Crippen molar-refractivity contribution in [2.45, 2.75) is 26.2 Å². The van der Waals surface area contributed by atoms with Gasteiger partial charge in [-0.2, -0.15) is 0 Å². The maximum atomic E-state index is 11.6. The predicted molar refractivity (Wildman–Crippen MR) is 75.6 cm³/mol. The van der Waals surface area contributed by atoms with Crippen molar-refractivity contribution in [2.24, 2.45) is 0 Å². The van der Waals surface area contributed by atoms with Crippen molar-refractivity contribution in [3.8, 4) is 0 Å². The van der Waals surface area contributed by atoms with Crippen LogP contribution >= 0.6 is 0 Å². The van der Waals surface area contributed by atoms with Gasteiger partial charge in [0, 0.05) is 31.5 Å². The van der Waals surface area contributed by atoms with Crippen molar-refractivity contribution >= 4 is 12.0 Å². The van der Waals surface area contributed by atoms with Crippen molar-refractivity contribution < 1.29 is 14.7 Å². The fourth-order valence-corrected chi connectivity index (χ4v) is 1.70. The van der Waals surface area contributed by atoms with Crippen LogP contribution in [-0.4, -0.2) is 47.1 Å². The summed E-state index contributed by atoms with van der Waals surface area (Å²) in [6.45, 7) is 2.70. The number of aromatic nitrogens is 1. The number of aryl methyl sites for hydroxylation is 2. The molecule has 0 atom stereocenters. The van der Waals surface area contributed by atoms with E-state index in [1.165, 1.54) is 4.90 Å². The largest absolute Gasteiger partial charge is 0.481 e. The molecule has 6 nitrogen and oxygen atoms in total. The first-order valence-electron chi connectivity index (χ1n) is 6.62. The van der Waals surface area contributed by atoms with Crippen LogP contribution in [-0.2, 0) is 11.2 Å². The van der Waals surface area contributed by atoms with Crippen LogP contribution in [0, 0.1) is 6.92 Å². The number of nitrogens with zero attached hydrogens (tertiary/aromatic N) is 2. The summed E-state index contributed by atoms with van der Waals surface area (Å²) in [5, 5.41) is 11.3. The lowest BCUT2D eigenvalue weighted by atomic mass is 10.2. The van der Waals surface area contributed by atoms with Crippen molar-refractivity contribution in [3.05, 3.63) is 29.6 Å². The zero-order valence-corrected chi connectivity index (χ0v) is 11.9. The van der Waals surface area contributed by atoms with Gasteiger partial charge in [-0.3, -0.25) is 9.78 Å². The smallest absolute Gasteiger partial charge is 0.317 e. The number of rotatable bonds is 7. The van der Waals surface area contributed by atoms with E-state index in [0.29, 0.717) is 6.54 Å². The molecule has 1 aromatic heterocycles. The molecule has 1 aromatic rings. The summed E-state index contributed by atoms with van der Waals surface area (Å²) in [7, 11) is 1.58. The van der Waals surface area contributed by atoms with Crippen molar-refractivity contribution in [3.63, 3.8) is 0 Å². The Morgan fingerprint density at radius 3 is 2.80 bits per heavy atom. The van der Waals surface area contributed by atoms with E-state index >= 15 is 0 Å². The minimum absolute atomic E-state index is 0.0445. The quantitative estimate of drug-likeness (QED) is 0.740. The molecule has 0 aliphatic heterocycles. The topological polar surface area (TPSA) is 82.5 Å². The summed E-state index contributed by atoms with van der Waals surface area (Å²) in [5.74, 6) is -0.907. The molecule has 0 aromatic carbocycles. The summed E-state index contributed by atoms with van der Waals surface area (Å²) in [6.07, 6.45) is 1.56. The highest BCUT2D eigenvalue weighted by Crippen LogP contribution is 2.01. The van der Waals surface area contributed by atoms with Gasteiger partial charge in [-0.1, -0.05) is 6.07 Å². The molecule has 1 heterocycles. The number of carbonyl (C=O) groups excluding carboxylic acids is 1. The lowest BCUT2D eigenvalue weighted by Crippen LogP contribution is -2.38. The highest BCUT2D eigenvalue weighted by Gasteiger charge is 2.09. The van der Waals surface area contributed by atoms with Crippen LogP contribution in [0.5, 0.6) is 0 Å². The molecule has 0 radical (unpaired) electrons. The summed E-state index contributed by atoms with van der Waals surface area (Å²) < 4.78 is 0. The number of urea groups is 1. The molecular formula is C14H21N3O3. The van der Waals surface area contributed by atoms with Gasteiger partial charge in [0.25, 0.3) is 0 Å².